The van der Waals surface area contributed by atoms with Gasteiger partial charge in [-0.2, -0.15) is 4.79 Å². The fraction of sp³-hybridized carbons (Fsp3) is 0.667. The third-order valence-electron chi connectivity index (χ3n) is 2.82. The Morgan fingerprint density at radius 3 is 2.23 bits per heavy atom. The number of aliphatic carboxylic acids is 1. The maximum Gasteiger partial charge on any atom is 0.326 e. The predicted molar refractivity (Wildman–Crippen MR) is 77.0 cm³/mol. The van der Waals surface area contributed by atoms with Crippen LogP contribution in [0.2, 0.25) is 0 Å². The van der Waals surface area contributed by atoms with E-state index in [4.69, 9.17) is 10.6 Å². The SMILES string of the molecule is CC(C)[C@@H](C(=O)N[C@@H](CCC(=O)C=[N+]=[N-])C(=O)O)S(C)(=O)=O. The minimum Gasteiger partial charge on any atom is -0.480 e. The molecule has 2 N–H and O–H groups in total. The highest BCUT2D eigenvalue weighted by Crippen LogP contribution is 2.12. The van der Waals surface area contributed by atoms with Gasteiger partial charge in [0, 0.05) is 12.7 Å². The van der Waals surface area contributed by atoms with Crippen molar-refractivity contribution in [3.05, 3.63) is 5.53 Å². The summed E-state index contributed by atoms with van der Waals surface area (Å²) in [5.74, 6) is -3.47. The van der Waals surface area contributed by atoms with Gasteiger partial charge in [0.1, 0.15) is 11.3 Å². The van der Waals surface area contributed by atoms with Crippen LogP contribution in [0.3, 0.4) is 0 Å². The van der Waals surface area contributed by atoms with Gasteiger partial charge in [-0.15, -0.1) is 0 Å². The van der Waals surface area contributed by atoms with E-state index in [0.717, 1.165) is 6.26 Å². The van der Waals surface area contributed by atoms with Crippen LogP contribution in [-0.4, -0.2) is 59.7 Å². The van der Waals surface area contributed by atoms with Crippen molar-refractivity contribution in [1.29, 1.82) is 0 Å². The first-order valence-electron chi connectivity index (χ1n) is 6.43. The Hall–Kier alpha value is -2.06. The second kappa shape index (κ2) is 8.40. The molecule has 9 nitrogen and oxygen atoms in total. The summed E-state index contributed by atoms with van der Waals surface area (Å²) < 4.78 is 23.2. The Kier molecular flexibility index (Phi) is 7.61. The zero-order chi connectivity index (χ0) is 17.5. The normalized spacial score (nSPS) is 13.8. The van der Waals surface area contributed by atoms with E-state index in [1.165, 1.54) is 13.8 Å². The van der Waals surface area contributed by atoms with Gasteiger partial charge in [0.25, 0.3) is 0 Å². The zero-order valence-electron chi connectivity index (χ0n) is 12.5. The molecule has 1 amide bonds. The molecule has 2 atom stereocenters. The molecule has 0 aromatic rings. The van der Waals surface area contributed by atoms with Crippen molar-refractivity contribution in [2.24, 2.45) is 5.92 Å². The van der Waals surface area contributed by atoms with Gasteiger partial charge in [0.2, 0.25) is 11.7 Å². The number of carboxylic acid groups (broad SMARTS) is 1. The van der Waals surface area contributed by atoms with Gasteiger partial charge >= 0.3 is 12.2 Å². The molecule has 0 spiro atoms. The molecule has 0 aromatic carbocycles. The van der Waals surface area contributed by atoms with Gasteiger partial charge in [0.15, 0.2) is 9.84 Å². The van der Waals surface area contributed by atoms with Crippen LogP contribution < -0.4 is 5.32 Å². The monoisotopic (exact) mass is 333 g/mol. The number of sulfone groups is 1. The molecule has 0 aliphatic carbocycles. The number of nitrogens with one attached hydrogen (secondary N) is 1. The molecule has 0 unspecified atom stereocenters. The fourth-order valence-corrected chi connectivity index (χ4v) is 3.36. The summed E-state index contributed by atoms with van der Waals surface area (Å²) in [6, 6.07) is -1.41. The first-order valence-corrected chi connectivity index (χ1v) is 8.38. The lowest BCUT2D eigenvalue weighted by Gasteiger charge is -2.21. The highest BCUT2D eigenvalue weighted by molar-refractivity contribution is 7.92. The van der Waals surface area contributed by atoms with Crippen molar-refractivity contribution >= 4 is 33.7 Å². The summed E-state index contributed by atoms with van der Waals surface area (Å²) in [5.41, 5.74) is 8.18. The number of hydrogen-bond acceptors (Lipinski definition) is 5. The smallest absolute Gasteiger partial charge is 0.326 e. The number of nitrogens with zero attached hydrogens (tertiary/aromatic N) is 2. The van der Waals surface area contributed by atoms with Crippen LogP contribution in [-0.2, 0) is 24.2 Å². The van der Waals surface area contributed by atoms with E-state index >= 15 is 0 Å². The molecule has 0 bridgehead atoms. The summed E-state index contributed by atoms with van der Waals surface area (Å²) >= 11 is 0. The molecule has 124 valence electrons. The largest absolute Gasteiger partial charge is 0.480 e. The molecule has 0 aliphatic rings. The van der Waals surface area contributed by atoms with Gasteiger partial charge in [-0.25, -0.2) is 13.2 Å². The summed E-state index contributed by atoms with van der Waals surface area (Å²) in [5, 5.41) is 9.78. The number of hydrogen-bond donors (Lipinski definition) is 2. The molecule has 10 heteroatoms. The molecule has 0 rings (SSSR count). The van der Waals surface area contributed by atoms with Crippen molar-refractivity contribution in [3.63, 3.8) is 0 Å². The molecule has 0 saturated heterocycles. The predicted octanol–water partition coefficient (Wildman–Crippen LogP) is -0.725. The Morgan fingerprint density at radius 2 is 1.86 bits per heavy atom. The Balaban J connectivity index is 5.02. The summed E-state index contributed by atoms with van der Waals surface area (Å²) in [7, 11) is -3.70. The van der Waals surface area contributed by atoms with Gasteiger partial charge < -0.3 is 16.0 Å². The van der Waals surface area contributed by atoms with Crippen LogP contribution in [0.1, 0.15) is 26.7 Å². The molecule has 0 radical (unpaired) electrons. The van der Waals surface area contributed by atoms with E-state index < -0.39 is 44.7 Å². The molecule has 0 saturated carbocycles. The number of carboxylic acids is 1. The van der Waals surface area contributed by atoms with E-state index in [2.05, 4.69) is 10.1 Å². The van der Waals surface area contributed by atoms with Crippen molar-refractivity contribution in [2.75, 3.05) is 6.26 Å². The highest BCUT2D eigenvalue weighted by atomic mass is 32.2. The molecule has 22 heavy (non-hydrogen) atoms. The van der Waals surface area contributed by atoms with Crippen molar-refractivity contribution in [2.45, 2.75) is 38.0 Å². The Bertz CT molecular complexity index is 592. The number of amides is 1. The van der Waals surface area contributed by atoms with Crippen LogP contribution in [0, 0.1) is 5.92 Å². The number of ketones is 1. The standard InChI is InChI=1S/C12H19N3O6S/c1-7(2)10(22(3,20)21)11(17)15-9(12(18)19)5-4-8(16)6-14-13/h6-7,9-10H,4-5H2,1-3H3,(H,15,17)(H,18,19)/t9-,10-/m0/s1. The second-order valence-corrected chi connectivity index (χ2v) is 7.31. The Morgan fingerprint density at radius 1 is 1.32 bits per heavy atom. The summed E-state index contributed by atoms with van der Waals surface area (Å²) in [6.45, 7) is 3.06. The minimum absolute atomic E-state index is 0.250. The lowest BCUT2D eigenvalue weighted by Crippen LogP contribution is -2.49. The lowest BCUT2D eigenvalue weighted by molar-refractivity contribution is -0.142. The summed E-state index contributed by atoms with van der Waals surface area (Å²) in [4.78, 5) is 36.8. The third kappa shape index (κ3) is 6.59. The van der Waals surface area contributed by atoms with Crippen molar-refractivity contribution in [3.8, 4) is 0 Å². The number of carbonyl (C=O) groups is 3. The average molecular weight is 333 g/mol. The molecular formula is C12H19N3O6S. The minimum atomic E-state index is -3.70. The van der Waals surface area contributed by atoms with E-state index in [-0.39, 0.29) is 12.8 Å². The zero-order valence-corrected chi connectivity index (χ0v) is 13.3. The van der Waals surface area contributed by atoms with Crippen LogP contribution in [0.5, 0.6) is 0 Å². The summed E-state index contributed by atoms with van der Waals surface area (Å²) in [6.07, 6.45) is 0.995. The third-order valence-corrected chi connectivity index (χ3v) is 4.50. The number of Topliss-reactive ketones (excluding diaryl/α,β-unsaturated/α-hetero) is 1. The van der Waals surface area contributed by atoms with Crippen molar-refractivity contribution in [1.82, 2.24) is 5.32 Å². The molecular weight excluding hydrogens is 314 g/mol. The van der Waals surface area contributed by atoms with Crippen molar-refractivity contribution < 1.29 is 32.7 Å². The average Bonchev–Trinajstić information content (AvgIpc) is 2.31. The van der Waals surface area contributed by atoms with E-state index in [9.17, 15) is 22.8 Å². The number of carbonyl (C=O) groups excluding carboxylic acids is 2. The van der Waals surface area contributed by atoms with Crippen LogP contribution in [0.15, 0.2) is 0 Å². The molecule has 0 aliphatic heterocycles. The van der Waals surface area contributed by atoms with Crippen LogP contribution >= 0.6 is 0 Å². The topological polar surface area (TPSA) is 154 Å². The van der Waals surface area contributed by atoms with Gasteiger partial charge in [-0.1, -0.05) is 13.8 Å². The maximum absolute atomic E-state index is 12.0. The number of rotatable bonds is 9. The molecule has 0 heterocycles. The maximum atomic E-state index is 12.0. The first-order chi connectivity index (χ1) is 10.0. The molecule has 0 aromatic heterocycles. The van der Waals surface area contributed by atoms with Crippen LogP contribution in [0.25, 0.3) is 5.53 Å². The second-order valence-electron chi connectivity index (χ2n) is 5.14. The van der Waals surface area contributed by atoms with Gasteiger partial charge in [0.05, 0.1) is 0 Å². The fourth-order valence-electron chi connectivity index (χ4n) is 1.92. The van der Waals surface area contributed by atoms with E-state index in [0.29, 0.717) is 6.21 Å². The van der Waals surface area contributed by atoms with Crippen LogP contribution in [0.4, 0.5) is 0 Å². The van der Waals surface area contributed by atoms with Gasteiger partial charge in [-0.3, -0.25) is 9.59 Å². The first kappa shape index (κ1) is 19.9. The quantitative estimate of drug-likeness (QED) is 0.322. The lowest BCUT2D eigenvalue weighted by atomic mass is 10.1. The van der Waals surface area contributed by atoms with Gasteiger partial charge in [-0.05, 0) is 12.3 Å². The van der Waals surface area contributed by atoms with E-state index in [1.807, 2.05) is 0 Å². The van der Waals surface area contributed by atoms with E-state index in [1.54, 1.807) is 0 Å². The highest BCUT2D eigenvalue weighted by Gasteiger charge is 2.34. The molecule has 0 fully saturated rings. The Labute approximate surface area is 128 Å².